The van der Waals surface area contributed by atoms with E-state index < -0.39 is 0 Å². The van der Waals surface area contributed by atoms with Gasteiger partial charge in [0, 0.05) is 6.42 Å². The first kappa shape index (κ1) is 26.8. The van der Waals surface area contributed by atoms with Gasteiger partial charge in [-0.2, -0.15) is 0 Å². The van der Waals surface area contributed by atoms with E-state index in [1.165, 1.54) is 29.5 Å². The molecule has 0 aromatic heterocycles. The lowest BCUT2D eigenvalue weighted by molar-refractivity contribution is -0.116. The summed E-state index contributed by atoms with van der Waals surface area (Å²) in [5.74, 6) is 1.19. The molecule has 0 amide bonds. The number of carbonyl (C=O) groups excluding carboxylic acids is 1. The first-order valence-electron chi connectivity index (χ1n) is 9.37. The maximum Gasteiger partial charge on any atom is 0.129 e. The topological polar surface area (TPSA) is 17.1 Å². The van der Waals surface area contributed by atoms with Crippen molar-refractivity contribution in [3.63, 3.8) is 0 Å². The second-order valence-corrected chi connectivity index (χ2v) is 5.75. The fourth-order valence-corrected chi connectivity index (χ4v) is 1.31. The van der Waals surface area contributed by atoms with Gasteiger partial charge < -0.3 is 4.79 Å². The number of Topliss-reactive ketones (excluding diaryl/α,β-unsaturated/α-hetero) is 1. The summed E-state index contributed by atoms with van der Waals surface area (Å²) < 4.78 is 0. The molecule has 0 heterocycles. The fourth-order valence-electron chi connectivity index (χ4n) is 1.31. The summed E-state index contributed by atoms with van der Waals surface area (Å²) in [6.07, 6.45) is 4.47. The molecule has 1 aromatic carbocycles. The van der Waals surface area contributed by atoms with E-state index in [2.05, 4.69) is 59.7 Å². The summed E-state index contributed by atoms with van der Waals surface area (Å²) >= 11 is 0. The van der Waals surface area contributed by atoms with Crippen LogP contribution in [-0.4, -0.2) is 5.78 Å². The Bertz CT molecular complexity index is 376. The maximum absolute atomic E-state index is 9.81. The molecule has 0 atom stereocenters. The highest BCUT2D eigenvalue weighted by molar-refractivity contribution is 5.74. The zero-order chi connectivity index (χ0) is 18.8. The van der Waals surface area contributed by atoms with E-state index in [0.29, 0.717) is 6.42 Å². The molecule has 0 N–H and O–H groups in total. The Balaban J connectivity index is -0.000000267. The fraction of sp³-hybridized carbons (Fsp3) is 0.682. The lowest BCUT2D eigenvalue weighted by atomic mass is 10.1. The molecule has 1 aromatic rings. The summed E-state index contributed by atoms with van der Waals surface area (Å²) in [7, 11) is 0. The van der Waals surface area contributed by atoms with Crippen molar-refractivity contribution in [1.29, 1.82) is 0 Å². The second kappa shape index (κ2) is 18.9. The van der Waals surface area contributed by atoms with Crippen LogP contribution in [0.25, 0.3) is 0 Å². The highest BCUT2D eigenvalue weighted by Crippen LogP contribution is 2.09. The standard InChI is InChI=1S/C10H14.C6H14.C4H8O.C2H6/c1-4-10-6-5-8(2)9(3)7-10;1-4-6(3)5-2;1-3-4(2)5;1-2/h5-7H,4H2,1-3H3;6H,4-5H2,1-3H3;3H2,1-2H3;1-2H3. The van der Waals surface area contributed by atoms with Gasteiger partial charge in [0.15, 0.2) is 0 Å². The minimum Gasteiger partial charge on any atom is -0.300 e. The average molecular weight is 323 g/mol. The number of aryl methyl sites for hydroxylation is 3. The molecule has 0 bridgehead atoms. The summed E-state index contributed by atoms with van der Waals surface area (Å²) in [5.41, 5.74) is 4.22. The van der Waals surface area contributed by atoms with Crippen LogP contribution >= 0.6 is 0 Å². The quantitative estimate of drug-likeness (QED) is 0.567. The van der Waals surface area contributed by atoms with E-state index in [0.717, 1.165) is 12.3 Å². The summed E-state index contributed by atoms with van der Waals surface area (Å²) in [4.78, 5) is 9.81. The molecular weight excluding hydrogens is 280 g/mol. The van der Waals surface area contributed by atoms with Crippen LogP contribution in [0.5, 0.6) is 0 Å². The van der Waals surface area contributed by atoms with Crippen molar-refractivity contribution >= 4 is 5.78 Å². The molecule has 1 rings (SSSR count). The molecule has 0 aliphatic heterocycles. The Morgan fingerprint density at radius 3 is 1.61 bits per heavy atom. The number of carbonyl (C=O) groups is 1. The van der Waals surface area contributed by atoms with Crippen molar-refractivity contribution in [2.24, 2.45) is 5.92 Å². The Kier molecular flexibility index (Phi) is 22.0. The Hall–Kier alpha value is -1.11. The van der Waals surface area contributed by atoms with Crippen LogP contribution < -0.4 is 0 Å². The van der Waals surface area contributed by atoms with Gasteiger partial charge in [0.05, 0.1) is 0 Å². The Morgan fingerprint density at radius 1 is 0.957 bits per heavy atom. The van der Waals surface area contributed by atoms with Crippen LogP contribution in [0, 0.1) is 19.8 Å². The molecule has 0 radical (unpaired) electrons. The minimum absolute atomic E-state index is 0.255. The molecule has 0 aliphatic carbocycles. The molecule has 136 valence electrons. The van der Waals surface area contributed by atoms with Gasteiger partial charge in [-0.15, -0.1) is 0 Å². The molecule has 0 aliphatic rings. The van der Waals surface area contributed by atoms with Gasteiger partial charge in [-0.25, -0.2) is 0 Å². The number of benzene rings is 1. The van der Waals surface area contributed by atoms with Gasteiger partial charge in [-0.3, -0.25) is 0 Å². The first-order chi connectivity index (χ1) is 10.8. The van der Waals surface area contributed by atoms with Crippen molar-refractivity contribution in [3.05, 3.63) is 34.9 Å². The third kappa shape index (κ3) is 18.8. The van der Waals surface area contributed by atoms with Crippen LogP contribution in [0.4, 0.5) is 0 Å². The van der Waals surface area contributed by atoms with Gasteiger partial charge >= 0.3 is 0 Å². The molecule has 1 heteroatoms. The normalized spacial score (nSPS) is 8.83. The highest BCUT2D eigenvalue weighted by atomic mass is 16.1. The molecule has 0 unspecified atom stereocenters. The summed E-state index contributed by atoms with van der Waals surface area (Å²) in [6.45, 7) is 20.7. The van der Waals surface area contributed by atoms with Gasteiger partial charge in [0.25, 0.3) is 0 Å². The lowest BCUT2D eigenvalue weighted by Gasteiger charge is -2.01. The Labute approximate surface area is 146 Å². The third-order valence-electron chi connectivity index (χ3n) is 3.87. The van der Waals surface area contributed by atoms with Crippen LogP contribution in [-0.2, 0) is 11.2 Å². The number of ketones is 1. The van der Waals surface area contributed by atoms with Gasteiger partial charge in [0.2, 0.25) is 0 Å². The zero-order valence-electron chi connectivity index (χ0n) is 17.5. The van der Waals surface area contributed by atoms with E-state index in [4.69, 9.17) is 0 Å². The maximum atomic E-state index is 9.81. The van der Waals surface area contributed by atoms with Crippen LogP contribution in [0.2, 0.25) is 0 Å². The third-order valence-corrected chi connectivity index (χ3v) is 3.87. The Morgan fingerprint density at radius 2 is 1.39 bits per heavy atom. The summed E-state index contributed by atoms with van der Waals surface area (Å²) in [5, 5.41) is 0. The molecule has 1 nitrogen and oxygen atoms in total. The number of rotatable bonds is 4. The van der Waals surface area contributed by atoms with Gasteiger partial charge in [0.1, 0.15) is 5.78 Å². The zero-order valence-corrected chi connectivity index (χ0v) is 17.5. The molecule has 23 heavy (non-hydrogen) atoms. The predicted octanol–water partition coefficient (Wildman–Crippen LogP) is 7.32. The van der Waals surface area contributed by atoms with Crippen molar-refractivity contribution < 1.29 is 4.79 Å². The van der Waals surface area contributed by atoms with Crippen LogP contribution in [0.15, 0.2) is 18.2 Å². The lowest BCUT2D eigenvalue weighted by Crippen LogP contribution is -1.85. The van der Waals surface area contributed by atoms with Crippen molar-refractivity contribution in [2.75, 3.05) is 0 Å². The first-order valence-corrected chi connectivity index (χ1v) is 9.37. The predicted molar refractivity (Wildman–Crippen MR) is 107 cm³/mol. The van der Waals surface area contributed by atoms with Gasteiger partial charge in [-0.1, -0.05) is 79.5 Å². The van der Waals surface area contributed by atoms with Crippen molar-refractivity contribution in [2.45, 2.75) is 94.9 Å². The molecule has 0 fully saturated rings. The van der Waals surface area contributed by atoms with Crippen LogP contribution in [0.3, 0.4) is 0 Å². The molecule has 0 spiro atoms. The molecule has 0 saturated carbocycles. The van der Waals surface area contributed by atoms with Crippen LogP contribution in [0.1, 0.15) is 91.3 Å². The number of hydrogen-bond donors (Lipinski definition) is 0. The highest BCUT2D eigenvalue weighted by Gasteiger charge is 1.92. The summed E-state index contributed by atoms with van der Waals surface area (Å²) in [6, 6.07) is 6.64. The van der Waals surface area contributed by atoms with E-state index in [1.807, 2.05) is 20.8 Å². The minimum atomic E-state index is 0.255. The molecular formula is C22H42O. The SMILES string of the molecule is CC.CCC(C)=O.CCC(C)CC.CCc1ccc(C)c(C)c1. The molecule has 0 saturated heterocycles. The number of hydrogen-bond acceptors (Lipinski definition) is 1. The second-order valence-electron chi connectivity index (χ2n) is 5.75. The van der Waals surface area contributed by atoms with E-state index in [-0.39, 0.29) is 5.78 Å². The smallest absolute Gasteiger partial charge is 0.129 e. The monoisotopic (exact) mass is 322 g/mol. The van der Waals surface area contributed by atoms with E-state index in [9.17, 15) is 4.79 Å². The average Bonchev–Trinajstić information content (AvgIpc) is 2.59. The van der Waals surface area contributed by atoms with E-state index >= 15 is 0 Å². The van der Waals surface area contributed by atoms with E-state index in [1.54, 1.807) is 6.92 Å². The van der Waals surface area contributed by atoms with Crippen molar-refractivity contribution in [1.82, 2.24) is 0 Å². The van der Waals surface area contributed by atoms with Crippen molar-refractivity contribution in [3.8, 4) is 0 Å². The van der Waals surface area contributed by atoms with Gasteiger partial charge in [-0.05, 0) is 49.8 Å². The largest absolute Gasteiger partial charge is 0.300 e.